The minimum Gasteiger partial charge on any atom is -0.493 e. The molecule has 0 radical (unpaired) electrons. The van der Waals surface area contributed by atoms with Crippen molar-refractivity contribution in [1.82, 2.24) is 24.8 Å². The molecule has 4 rings (SSSR count). The maximum absolute atomic E-state index is 6.21. The lowest BCUT2D eigenvalue weighted by atomic mass is 10.2. The number of rotatable bonds is 11. The van der Waals surface area contributed by atoms with E-state index in [0.717, 1.165) is 73.3 Å². The van der Waals surface area contributed by atoms with E-state index in [1.807, 2.05) is 18.2 Å². The first-order valence-electron chi connectivity index (χ1n) is 12.6. The predicted octanol–water partition coefficient (Wildman–Crippen LogP) is 4.21. The van der Waals surface area contributed by atoms with Gasteiger partial charge in [-0.1, -0.05) is 25.1 Å². The molecule has 200 valence electrons. The lowest BCUT2D eigenvalue weighted by molar-refractivity contribution is 0.133. The lowest BCUT2D eigenvalue weighted by Gasteiger charge is -2.32. The molecule has 4 N–H and O–H groups in total. The molecule has 1 unspecified atom stereocenters. The number of hydrogen-bond acceptors (Lipinski definition) is 11. The summed E-state index contributed by atoms with van der Waals surface area (Å²) in [6, 6.07) is 7.61. The smallest absolute Gasteiger partial charge is 0.192 e. The van der Waals surface area contributed by atoms with Crippen LogP contribution in [-0.4, -0.2) is 78.2 Å². The van der Waals surface area contributed by atoms with Crippen molar-refractivity contribution in [2.24, 2.45) is 0 Å². The second-order valence-electron chi connectivity index (χ2n) is 9.20. The van der Waals surface area contributed by atoms with Gasteiger partial charge >= 0.3 is 0 Å². The number of anilines is 2. The zero-order chi connectivity index (χ0) is 26.4. The number of aromatic nitrogens is 3. The first-order valence-corrected chi connectivity index (χ1v) is 14.3. The molecule has 2 aromatic heterocycles. The number of thiazole rings is 1. The summed E-state index contributed by atoms with van der Waals surface area (Å²) in [6.45, 7) is 10.2. The van der Waals surface area contributed by atoms with Gasteiger partial charge in [0.2, 0.25) is 0 Å². The number of piperazine rings is 1. The van der Waals surface area contributed by atoms with E-state index >= 15 is 0 Å². The molecule has 0 saturated carbocycles. The number of thioether (sulfide) groups is 1. The maximum atomic E-state index is 6.21. The number of nitrogen functional groups attached to an aromatic ring is 2. The van der Waals surface area contributed by atoms with Crippen LogP contribution in [0.1, 0.15) is 36.1 Å². The van der Waals surface area contributed by atoms with Gasteiger partial charge in [0.1, 0.15) is 23.3 Å². The van der Waals surface area contributed by atoms with Gasteiger partial charge in [0, 0.05) is 49.2 Å². The first-order chi connectivity index (χ1) is 17.9. The molecule has 3 heterocycles. The number of nitrogens with two attached hydrogens (primary N) is 2. The summed E-state index contributed by atoms with van der Waals surface area (Å²) >= 11 is 3.24. The Kier molecular flexibility index (Phi) is 9.47. The molecule has 1 fully saturated rings. The molecule has 0 aliphatic carbocycles. The van der Waals surface area contributed by atoms with Gasteiger partial charge in [0.15, 0.2) is 16.7 Å². The third-order valence-electron chi connectivity index (χ3n) is 6.29. The molecule has 0 amide bonds. The standard InChI is InChI=1S/C26H37N7O2S2/c1-5-6-21-24(17(2)36-26-29-22(27)16-23(28)30-26)31-25(37-21)18-7-8-19(34-4)20(15-18)35-14-13-33-11-9-32(3)10-12-33/h7-8,15-17H,5-6,9-14H2,1-4H3,(H4,27,28,29,30). The molecular weight excluding hydrogens is 506 g/mol. The summed E-state index contributed by atoms with van der Waals surface area (Å²) in [5.74, 6) is 2.21. The highest BCUT2D eigenvalue weighted by atomic mass is 32.2. The van der Waals surface area contributed by atoms with Gasteiger partial charge in [0.25, 0.3) is 0 Å². The average Bonchev–Trinajstić information content (AvgIpc) is 3.29. The van der Waals surface area contributed by atoms with E-state index in [1.54, 1.807) is 24.5 Å². The van der Waals surface area contributed by atoms with Crippen LogP contribution in [0.5, 0.6) is 11.5 Å². The van der Waals surface area contributed by atoms with Gasteiger partial charge < -0.3 is 25.8 Å². The van der Waals surface area contributed by atoms with Gasteiger partial charge in [-0.2, -0.15) is 0 Å². The average molecular weight is 544 g/mol. The molecule has 0 spiro atoms. The topological polar surface area (TPSA) is 116 Å². The van der Waals surface area contributed by atoms with Crippen molar-refractivity contribution < 1.29 is 9.47 Å². The van der Waals surface area contributed by atoms with E-state index in [-0.39, 0.29) is 5.25 Å². The first kappa shape index (κ1) is 27.4. The van der Waals surface area contributed by atoms with Gasteiger partial charge in [-0.3, -0.25) is 4.90 Å². The van der Waals surface area contributed by atoms with E-state index in [0.29, 0.717) is 23.4 Å². The highest BCUT2D eigenvalue weighted by Crippen LogP contribution is 2.41. The molecule has 0 bridgehead atoms. The van der Waals surface area contributed by atoms with Crippen molar-refractivity contribution in [2.45, 2.75) is 37.1 Å². The van der Waals surface area contributed by atoms with Gasteiger partial charge in [-0.15, -0.1) is 11.3 Å². The fourth-order valence-electron chi connectivity index (χ4n) is 4.22. The van der Waals surface area contributed by atoms with E-state index in [1.165, 1.54) is 16.6 Å². The molecule has 11 heteroatoms. The third-order valence-corrected chi connectivity index (χ3v) is 8.44. The van der Waals surface area contributed by atoms with Crippen LogP contribution >= 0.6 is 23.1 Å². The molecule has 1 saturated heterocycles. The van der Waals surface area contributed by atoms with Crippen LogP contribution in [0.3, 0.4) is 0 Å². The largest absolute Gasteiger partial charge is 0.493 e. The van der Waals surface area contributed by atoms with Crippen molar-refractivity contribution in [2.75, 3.05) is 65.0 Å². The van der Waals surface area contributed by atoms with Crippen molar-refractivity contribution in [3.05, 3.63) is 34.8 Å². The Labute approximate surface area is 227 Å². The van der Waals surface area contributed by atoms with Crippen LogP contribution in [0, 0.1) is 0 Å². The Bertz CT molecular complexity index is 1160. The Morgan fingerprint density at radius 1 is 1.05 bits per heavy atom. The highest BCUT2D eigenvalue weighted by Gasteiger charge is 2.21. The second kappa shape index (κ2) is 12.8. The van der Waals surface area contributed by atoms with Gasteiger partial charge in [-0.05, 0) is 38.6 Å². The maximum Gasteiger partial charge on any atom is 0.192 e. The summed E-state index contributed by atoms with van der Waals surface area (Å²) in [7, 11) is 3.84. The zero-order valence-corrected chi connectivity index (χ0v) is 23.7. The summed E-state index contributed by atoms with van der Waals surface area (Å²) in [5.41, 5.74) is 13.8. The SMILES string of the molecule is CCCc1sc(-c2ccc(OC)c(OCCN3CCN(C)CC3)c2)nc1C(C)Sc1nc(N)cc(N)n1. The van der Waals surface area contributed by atoms with E-state index in [4.69, 9.17) is 25.9 Å². The molecular formula is C26H37N7O2S2. The number of aryl methyl sites for hydroxylation is 1. The molecule has 37 heavy (non-hydrogen) atoms. The fourth-order valence-corrected chi connectivity index (χ4v) is 6.49. The van der Waals surface area contributed by atoms with Crippen LogP contribution in [0.25, 0.3) is 10.6 Å². The zero-order valence-electron chi connectivity index (χ0n) is 22.1. The number of methoxy groups -OCH3 is 1. The summed E-state index contributed by atoms with van der Waals surface area (Å²) < 4.78 is 11.8. The number of nitrogens with zero attached hydrogens (tertiary/aromatic N) is 5. The van der Waals surface area contributed by atoms with Crippen molar-refractivity contribution in [3.63, 3.8) is 0 Å². The quantitative estimate of drug-likeness (QED) is 0.269. The van der Waals surface area contributed by atoms with Crippen LogP contribution < -0.4 is 20.9 Å². The highest BCUT2D eigenvalue weighted by molar-refractivity contribution is 7.99. The molecule has 9 nitrogen and oxygen atoms in total. The monoisotopic (exact) mass is 543 g/mol. The second-order valence-corrected chi connectivity index (χ2v) is 11.6. The van der Waals surface area contributed by atoms with E-state index < -0.39 is 0 Å². The number of hydrogen-bond donors (Lipinski definition) is 2. The minimum atomic E-state index is 0.0466. The van der Waals surface area contributed by atoms with Crippen molar-refractivity contribution >= 4 is 34.7 Å². The molecule has 3 aromatic rings. The molecule has 1 aliphatic heterocycles. The van der Waals surface area contributed by atoms with Crippen LogP contribution in [0.4, 0.5) is 11.6 Å². The van der Waals surface area contributed by atoms with Gasteiger partial charge in [-0.25, -0.2) is 15.0 Å². The van der Waals surface area contributed by atoms with Crippen LogP contribution in [0.15, 0.2) is 29.4 Å². The molecule has 1 aliphatic rings. The predicted molar refractivity (Wildman–Crippen MR) is 153 cm³/mol. The number of ether oxygens (including phenoxy) is 2. The fraction of sp³-hybridized carbons (Fsp3) is 0.500. The van der Waals surface area contributed by atoms with Crippen molar-refractivity contribution in [1.29, 1.82) is 0 Å². The molecule has 1 aromatic carbocycles. The third kappa shape index (κ3) is 7.25. The van der Waals surface area contributed by atoms with Gasteiger partial charge in [0.05, 0.1) is 18.1 Å². The van der Waals surface area contributed by atoms with Crippen LogP contribution in [0.2, 0.25) is 0 Å². The Morgan fingerprint density at radius 3 is 2.46 bits per heavy atom. The van der Waals surface area contributed by atoms with Crippen LogP contribution in [-0.2, 0) is 6.42 Å². The normalized spacial score (nSPS) is 15.6. The van der Waals surface area contributed by atoms with E-state index in [2.05, 4.69) is 40.7 Å². The molecule has 1 atom stereocenters. The lowest BCUT2D eigenvalue weighted by Crippen LogP contribution is -2.45. The number of benzene rings is 1. The Morgan fingerprint density at radius 2 is 1.78 bits per heavy atom. The van der Waals surface area contributed by atoms with E-state index in [9.17, 15) is 0 Å². The number of likely N-dealkylation sites (N-methyl/N-ethyl adjacent to an activating group) is 1. The van der Waals surface area contributed by atoms with Crippen molar-refractivity contribution in [3.8, 4) is 22.1 Å². The minimum absolute atomic E-state index is 0.0466. The Hall–Kier alpha value is -2.60. The summed E-state index contributed by atoms with van der Waals surface area (Å²) in [4.78, 5) is 19.8. The summed E-state index contributed by atoms with van der Waals surface area (Å²) in [6.07, 6.45) is 2.00. The summed E-state index contributed by atoms with van der Waals surface area (Å²) in [5, 5.41) is 1.57. The Balaban J connectivity index is 1.51.